The van der Waals surface area contributed by atoms with E-state index in [0.29, 0.717) is 0 Å². The van der Waals surface area contributed by atoms with Gasteiger partial charge in [0.1, 0.15) is 0 Å². The Morgan fingerprint density at radius 1 is 0.786 bits per heavy atom. The molecule has 2 aliphatic rings. The van der Waals surface area contributed by atoms with E-state index in [1.54, 1.807) is 0 Å². The number of hydrogen-bond acceptors (Lipinski definition) is 2. The molecule has 0 aliphatic carbocycles. The summed E-state index contributed by atoms with van der Waals surface area (Å²) in [5, 5.41) is 6.59. The zero-order valence-corrected chi connectivity index (χ0v) is 9.10. The van der Waals surface area contributed by atoms with Gasteiger partial charge in [-0.15, -0.1) is 0 Å². The highest BCUT2D eigenvalue weighted by molar-refractivity contribution is 4.65. The second-order valence-electron chi connectivity index (χ2n) is 4.53. The van der Waals surface area contributed by atoms with E-state index in [1.165, 1.54) is 45.4 Å². The molecule has 2 heteroatoms. The lowest BCUT2D eigenvalue weighted by Crippen LogP contribution is -2.26. The Bertz CT molecular complexity index is 113. The van der Waals surface area contributed by atoms with Crippen molar-refractivity contribution >= 4 is 0 Å². The van der Waals surface area contributed by atoms with E-state index in [2.05, 4.69) is 24.5 Å². The summed E-state index contributed by atoms with van der Waals surface area (Å²) in [7, 11) is 0. The van der Waals surface area contributed by atoms with Crippen molar-refractivity contribution in [3.63, 3.8) is 0 Å². The lowest BCUT2D eigenvalue weighted by atomic mass is 10.0. The summed E-state index contributed by atoms with van der Waals surface area (Å²) in [6.07, 6.45) is 4.12. The molecule has 0 bridgehead atoms. The van der Waals surface area contributed by atoms with Crippen LogP contribution in [0.3, 0.4) is 0 Å². The second kappa shape index (κ2) is 8.25. The summed E-state index contributed by atoms with van der Waals surface area (Å²) in [4.78, 5) is 0. The largest absolute Gasteiger partial charge is 0.317 e. The predicted molar refractivity (Wildman–Crippen MR) is 64.6 cm³/mol. The highest BCUT2D eigenvalue weighted by Gasteiger charge is 2.06. The first kappa shape index (κ1) is 13.9. The lowest BCUT2D eigenvalue weighted by molar-refractivity contribution is 0.402. The van der Waals surface area contributed by atoms with Gasteiger partial charge in [0.2, 0.25) is 0 Å². The molecule has 14 heavy (non-hydrogen) atoms. The molecule has 0 aromatic rings. The molecular weight excluding hydrogens is 172 g/mol. The highest BCUT2D eigenvalue weighted by Crippen LogP contribution is 2.08. The van der Waals surface area contributed by atoms with Gasteiger partial charge in [0.25, 0.3) is 0 Å². The Hall–Kier alpha value is -0.0800. The van der Waals surface area contributed by atoms with Crippen molar-refractivity contribution in [2.75, 3.05) is 26.2 Å². The fourth-order valence-corrected chi connectivity index (χ4v) is 1.77. The Kier molecular flexibility index (Phi) is 8.20. The number of nitrogens with one attached hydrogen (secondary N) is 2. The molecule has 0 amide bonds. The molecule has 1 unspecified atom stereocenters. The molecule has 2 saturated heterocycles. The van der Waals surface area contributed by atoms with Gasteiger partial charge >= 0.3 is 0 Å². The first-order valence-corrected chi connectivity index (χ1v) is 5.70. The monoisotopic (exact) mass is 200 g/mol. The normalized spacial score (nSPS) is 27.4. The van der Waals surface area contributed by atoms with Crippen molar-refractivity contribution in [1.29, 1.82) is 0 Å². The van der Waals surface area contributed by atoms with Crippen LogP contribution in [0.25, 0.3) is 0 Å². The van der Waals surface area contributed by atoms with Gasteiger partial charge in [-0.3, -0.25) is 0 Å². The van der Waals surface area contributed by atoms with Crippen LogP contribution in [-0.2, 0) is 0 Å². The Morgan fingerprint density at radius 3 is 1.50 bits per heavy atom. The number of hydrogen-bond donors (Lipinski definition) is 2. The molecule has 0 aromatic heterocycles. The minimum absolute atomic E-state index is 0. The van der Waals surface area contributed by atoms with Gasteiger partial charge in [0.15, 0.2) is 0 Å². The summed E-state index contributed by atoms with van der Waals surface area (Å²) in [6.45, 7) is 9.55. The first-order chi connectivity index (χ1) is 6.29. The fraction of sp³-hybridized carbons (Fsp3) is 1.00. The smallest absolute Gasteiger partial charge is 0.00227 e. The maximum Gasteiger partial charge on any atom is -0.00227 e. The minimum atomic E-state index is 0. The van der Waals surface area contributed by atoms with Crippen LogP contribution >= 0.6 is 0 Å². The van der Waals surface area contributed by atoms with Crippen molar-refractivity contribution < 1.29 is 0 Å². The quantitative estimate of drug-likeness (QED) is 0.627. The van der Waals surface area contributed by atoms with Gasteiger partial charge in [-0.05, 0) is 57.3 Å². The first-order valence-electron chi connectivity index (χ1n) is 5.70. The Balaban J connectivity index is 0.000000227. The molecule has 2 heterocycles. The molecule has 2 N–H and O–H groups in total. The summed E-state index contributed by atoms with van der Waals surface area (Å²) in [5.74, 6) is 1.91. The number of piperidine rings is 1. The van der Waals surface area contributed by atoms with Crippen LogP contribution in [-0.4, -0.2) is 26.2 Å². The standard InChI is InChI=1S/C6H13N.C5H11N.CH4/c1-6-2-4-7-5-3-6;1-5-2-3-6-4-5;/h6-7H,2-5H2,1H3;5-6H,2-4H2,1H3;1H4. The second-order valence-corrected chi connectivity index (χ2v) is 4.53. The van der Waals surface area contributed by atoms with Gasteiger partial charge in [-0.2, -0.15) is 0 Å². The van der Waals surface area contributed by atoms with Crippen molar-refractivity contribution in [2.45, 2.75) is 40.5 Å². The maximum atomic E-state index is 3.32. The molecule has 0 saturated carbocycles. The average molecular weight is 200 g/mol. The van der Waals surface area contributed by atoms with E-state index in [-0.39, 0.29) is 7.43 Å². The van der Waals surface area contributed by atoms with Crippen LogP contribution in [0, 0.1) is 11.8 Å². The van der Waals surface area contributed by atoms with Crippen LogP contribution in [0.4, 0.5) is 0 Å². The molecule has 2 nitrogen and oxygen atoms in total. The molecule has 86 valence electrons. The van der Waals surface area contributed by atoms with E-state index < -0.39 is 0 Å². The molecule has 0 radical (unpaired) electrons. The summed E-state index contributed by atoms with van der Waals surface area (Å²) in [5.41, 5.74) is 0. The molecule has 1 atom stereocenters. The minimum Gasteiger partial charge on any atom is -0.317 e. The maximum absolute atomic E-state index is 3.32. The van der Waals surface area contributed by atoms with E-state index in [9.17, 15) is 0 Å². The molecule has 0 aromatic carbocycles. The molecule has 2 fully saturated rings. The molecule has 2 rings (SSSR count). The van der Waals surface area contributed by atoms with Gasteiger partial charge in [-0.1, -0.05) is 21.3 Å². The van der Waals surface area contributed by atoms with E-state index in [1.807, 2.05) is 0 Å². The van der Waals surface area contributed by atoms with Crippen LogP contribution in [0.5, 0.6) is 0 Å². The lowest BCUT2D eigenvalue weighted by Gasteiger charge is -2.17. The average Bonchev–Trinajstić information content (AvgIpc) is 2.58. The third kappa shape index (κ3) is 6.39. The van der Waals surface area contributed by atoms with Gasteiger partial charge < -0.3 is 10.6 Å². The Labute approximate surface area is 89.9 Å². The Morgan fingerprint density at radius 2 is 1.29 bits per heavy atom. The summed E-state index contributed by atoms with van der Waals surface area (Å²) in [6, 6.07) is 0. The third-order valence-electron chi connectivity index (χ3n) is 2.93. The zero-order chi connectivity index (χ0) is 9.52. The third-order valence-corrected chi connectivity index (χ3v) is 2.93. The SMILES string of the molecule is C.CC1CCNC1.CC1CCNCC1. The molecule has 2 aliphatic heterocycles. The summed E-state index contributed by atoms with van der Waals surface area (Å²) < 4.78 is 0. The van der Waals surface area contributed by atoms with Crippen LogP contribution in [0.1, 0.15) is 40.5 Å². The highest BCUT2D eigenvalue weighted by atomic mass is 14.9. The van der Waals surface area contributed by atoms with E-state index in [0.717, 1.165) is 11.8 Å². The number of rotatable bonds is 0. The van der Waals surface area contributed by atoms with Crippen molar-refractivity contribution in [3.8, 4) is 0 Å². The molecule has 0 spiro atoms. The van der Waals surface area contributed by atoms with Gasteiger partial charge in [0.05, 0.1) is 0 Å². The van der Waals surface area contributed by atoms with Crippen molar-refractivity contribution in [3.05, 3.63) is 0 Å². The van der Waals surface area contributed by atoms with Crippen molar-refractivity contribution in [2.24, 2.45) is 11.8 Å². The van der Waals surface area contributed by atoms with Crippen molar-refractivity contribution in [1.82, 2.24) is 10.6 Å². The molecular formula is C12H28N2. The zero-order valence-electron chi connectivity index (χ0n) is 9.10. The predicted octanol–water partition coefficient (Wildman–Crippen LogP) is 2.26. The van der Waals surface area contributed by atoms with Gasteiger partial charge in [-0.25, -0.2) is 0 Å². The van der Waals surface area contributed by atoms with Gasteiger partial charge in [0, 0.05) is 0 Å². The topological polar surface area (TPSA) is 24.1 Å². The summed E-state index contributed by atoms with van der Waals surface area (Å²) >= 11 is 0. The van der Waals surface area contributed by atoms with Crippen LogP contribution < -0.4 is 10.6 Å². The fourth-order valence-electron chi connectivity index (χ4n) is 1.77. The van der Waals surface area contributed by atoms with Crippen LogP contribution in [0.15, 0.2) is 0 Å². The van der Waals surface area contributed by atoms with E-state index >= 15 is 0 Å². The van der Waals surface area contributed by atoms with Crippen LogP contribution in [0.2, 0.25) is 0 Å². The van der Waals surface area contributed by atoms with E-state index in [4.69, 9.17) is 0 Å².